The van der Waals surface area contributed by atoms with Crippen molar-refractivity contribution in [2.24, 2.45) is 4.99 Å². The van der Waals surface area contributed by atoms with Crippen LogP contribution in [-0.2, 0) is 4.79 Å². The highest BCUT2D eigenvalue weighted by Crippen LogP contribution is 2.21. The van der Waals surface area contributed by atoms with Crippen LogP contribution in [0.1, 0.15) is 5.56 Å². The van der Waals surface area contributed by atoms with E-state index in [0.717, 1.165) is 42.5 Å². The summed E-state index contributed by atoms with van der Waals surface area (Å²) < 4.78 is 0. The second kappa shape index (κ2) is 5.85. The predicted octanol–water partition coefficient (Wildman–Crippen LogP) is 1.57. The lowest BCUT2D eigenvalue weighted by Crippen LogP contribution is -2.49. The average Bonchev–Trinajstić information content (AvgIpc) is 2.97. The van der Waals surface area contributed by atoms with E-state index in [0.29, 0.717) is 11.7 Å². The lowest BCUT2D eigenvalue weighted by atomic mass is 10.0. The van der Waals surface area contributed by atoms with E-state index in [1.165, 1.54) is 0 Å². The Labute approximate surface area is 134 Å². The smallest absolute Gasteiger partial charge is 0.296 e. The van der Waals surface area contributed by atoms with Crippen molar-refractivity contribution in [2.75, 3.05) is 26.2 Å². The van der Waals surface area contributed by atoms with Gasteiger partial charge in [-0.3, -0.25) is 4.79 Å². The highest BCUT2D eigenvalue weighted by molar-refractivity contribution is 6.13. The molecule has 0 radical (unpaired) electrons. The summed E-state index contributed by atoms with van der Waals surface area (Å²) >= 11 is 0. The Morgan fingerprint density at radius 1 is 1.04 bits per heavy atom. The number of nitrogens with one attached hydrogen (secondary N) is 2. The number of amides is 1. The number of carbonyl (C=O) groups is 1. The van der Waals surface area contributed by atoms with Gasteiger partial charge in [-0.25, -0.2) is 0 Å². The molecule has 2 aromatic carbocycles. The molecule has 5 nitrogen and oxygen atoms in total. The van der Waals surface area contributed by atoms with E-state index in [1.54, 1.807) is 0 Å². The Balaban J connectivity index is 1.63. The number of aliphatic imine (C=N–C) groups is 1. The number of hydrogen-bond donors (Lipinski definition) is 2. The molecule has 0 saturated carbocycles. The first-order chi connectivity index (χ1) is 11.3. The molecule has 2 heterocycles. The molecule has 2 N–H and O–H groups in total. The van der Waals surface area contributed by atoms with E-state index < -0.39 is 0 Å². The molecular weight excluding hydrogens is 288 g/mol. The third kappa shape index (κ3) is 2.71. The molecule has 1 fully saturated rings. The fourth-order valence-electron chi connectivity index (χ4n) is 3.01. The first kappa shape index (κ1) is 14.0. The van der Waals surface area contributed by atoms with Gasteiger partial charge in [0.05, 0.1) is 0 Å². The molecule has 116 valence electrons. The quantitative estimate of drug-likeness (QED) is 0.785. The van der Waals surface area contributed by atoms with Crippen molar-refractivity contribution in [1.29, 1.82) is 0 Å². The molecule has 0 bridgehead atoms. The molecule has 1 saturated heterocycles. The molecule has 2 aromatic rings. The van der Waals surface area contributed by atoms with E-state index in [4.69, 9.17) is 0 Å². The lowest BCUT2D eigenvalue weighted by molar-refractivity contribution is -0.114. The molecular formula is C18H18N4O. The van der Waals surface area contributed by atoms with Crippen LogP contribution in [-0.4, -0.2) is 42.9 Å². The molecule has 4 rings (SSSR count). The monoisotopic (exact) mass is 306 g/mol. The SMILES string of the molecule is O=C1N=C(N2CCNCC2)NC1=Cc1cccc2ccccc12. The molecule has 0 aliphatic carbocycles. The molecule has 0 aromatic heterocycles. The number of piperazine rings is 1. The van der Waals surface area contributed by atoms with E-state index in [1.807, 2.05) is 30.3 Å². The maximum Gasteiger partial charge on any atom is 0.296 e. The fraction of sp³-hybridized carbons (Fsp3) is 0.222. The molecule has 0 spiro atoms. The average molecular weight is 306 g/mol. The lowest BCUT2D eigenvalue weighted by Gasteiger charge is -2.28. The first-order valence-corrected chi connectivity index (χ1v) is 7.86. The van der Waals surface area contributed by atoms with Crippen LogP contribution in [0.2, 0.25) is 0 Å². The molecule has 2 aliphatic rings. The van der Waals surface area contributed by atoms with Crippen molar-refractivity contribution in [3.05, 3.63) is 53.7 Å². The van der Waals surface area contributed by atoms with Crippen LogP contribution in [0, 0.1) is 0 Å². The molecule has 0 unspecified atom stereocenters. The Morgan fingerprint density at radius 3 is 2.70 bits per heavy atom. The molecule has 2 aliphatic heterocycles. The van der Waals surface area contributed by atoms with Crippen LogP contribution < -0.4 is 10.6 Å². The zero-order chi connectivity index (χ0) is 15.6. The topological polar surface area (TPSA) is 56.7 Å². The van der Waals surface area contributed by atoms with Crippen molar-refractivity contribution in [3.8, 4) is 0 Å². The number of benzene rings is 2. The zero-order valence-electron chi connectivity index (χ0n) is 12.7. The van der Waals surface area contributed by atoms with Crippen LogP contribution in [0.15, 0.2) is 53.2 Å². The van der Waals surface area contributed by atoms with Gasteiger partial charge in [-0.05, 0) is 22.4 Å². The summed E-state index contributed by atoms with van der Waals surface area (Å²) in [4.78, 5) is 18.5. The van der Waals surface area contributed by atoms with Gasteiger partial charge in [-0.1, -0.05) is 42.5 Å². The van der Waals surface area contributed by atoms with Gasteiger partial charge in [-0.2, -0.15) is 4.99 Å². The van der Waals surface area contributed by atoms with Crippen molar-refractivity contribution < 1.29 is 4.79 Å². The summed E-state index contributed by atoms with van der Waals surface area (Å²) in [6.07, 6.45) is 1.89. The van der Waals surface area contributed by atoms with Crippen molar-refractivity contribution >= 4 is 28.7 Å². The van der Waals surface area contributed by atoms with Crippen LogP contribution in [0.3, 0.4) is 0 Å². The van der Waals surface area contributed by atoms with Crippen molar-refractivity contribution in [3.63, 3.8) is 0 Å². The van der Waals surface area contributed by atoms with Gasteiger partial charge in [0.15, 0.2) is 0 Å². The summed E-state index contributed by atoms with van der Waals surface area (Å²) in [5, 5.41) is 8.77. The summed E-state index contributed by atoms with van der Waals surface area (Å²) in [6, 6.07) is 14.3. The highest BCUT2D eigenvalue weighted by Gasteiger charge is 2.25. The molecule has 0 atom stereocenters. The minimum atomic E-state index is -0.202. The Morgan fingerprint density at radius 2 is 1.83 bits per heavy atom. The van der Waals surface area contributed by atoms with Gasteiger partial charge in [0.25, 0.3) is 5.91 Å². The second-order valence-electron chi connectivity index (χ2n) is 5.73. The van der Waals surface area contributed by atoms with Crippen LogP contribution in [0.5, 0.6) is 0 Å². The molecule has 23 heavy (non-hydrogen) atoms. The maximum absolute atomic E-state index is 12.2. The van der Waals surface area contributed by atoms with E-state index >= 15 is 0 Å². The van der Waals surface area contributed by atoms with Crippen molar-refractivity contribution in [1.82, 2.24) is 15.5 Å². The number of guanidine groups is 1. The summed E-state index contributed by atoms with van der Waals surface area (Å²) in [5.74, 6) is 0.467. The van der Waals surface area contributed by atoms with Gasteiger partial charge >= 0.3 is 0 Å². The largest absolute Gasteiger partial charge is 0.340 e. The molecule has 1 amide bonds. The first-order valence-electron chi connectivity index (χ1n) is 7.86. The second-order valence-corrected chi connectivity index (χ2v) is 5.73. The number of hydrogen-bond acceptors (Lipinski definition) is 4. The summed E-state index contributed by atoms with van der Waals surface area (Å²) in [7, 11) is 0. The fourth-order valence-corrected chi connectivity index (χ4v) is 3.01. The number of nitrogens with zero attached hydrogens (tertiary/aromatic N) is 2. The van der Waals surface area contributed by atoms with E-state index in [-0.39, 0.29) is 5.91 Å². The van der Waals surface area contributed by atoms with Crippen molar-refractivity contribution in [2.45, 2.75) is 0 Å². The third-order valence-corrected chi connectivity index (χ3v) is 4.22. The number of carbonyl (C=O) groups excluding carboxylic acids is 1. The highest BCUT2D eigenvalue weighted by atomic mass is 16.2. The number of rotatable bonds is 1. The predicted molar refractivity (Wildman–Crippen MR) is 91.9 cm³/mol. The summed E-state index contributed by atoms with van der Waals surface area (Å²) in [6.45, 7) is 3.55. The standard InChI is InChI=1S/C18H18N4O/c23-17-16(20-18(21-17)22-10-8-19-9-11-22)12-14-6-3-5-13-4-1-2-7-15(13)14/h1-7,12,19H,8-11H2,(H,20,21,23). The minimum absolute atomic E-state index is 0.202. The zero-order valence-corrected chi connectivity index (χ0v) is 12.7. The maximum atomic E-state index is 12.2. The Kier molecular flexibility index (Phi) is 3.55. The van der Waals surface area contributed by atoms with Gasteiger partial charge in [0, 0.05) is 26.2 Å². The minimum Gasteiger partial charge on any atom is -0.340 e. The van der Waals surface area contributed by atoms with Gasteiger partial charge in [0.2, 0.25) is 5.96 Å². The van der Waals surface area contributed by atoms with Gasteiger partial charge in [0.1, 0.15) is 5.70 Å². The van der Waals surface area contributed by atoms with Crippen LogP contribution in [0.25, 0.3) is 16.8 Å². The third-order valence-electron chi connectivity index (χ3n) is 4.22. The summed E-state index contributed by atoms with van der Waals surface area (Å²) in [5.41, 5.74) is 1.56. The van der Waals surface area contributed by atoms with E-state index in [9.17, 15) is 4.79 Å². The Bertz CT molecular complexity index is 813. The Hall–Kier alpha value is -2.66. The van der Waals surface area contributed by atoms with Gasteiger partial charge < -0.3 is 15.5 Å². The van der Waals surface area contributed by atoms with Crippen LogP contribution in [0.4, 0.5) is 0 Å². The number of fused-ring (bicyclic) bond motifs is 1. The molecule has 5 heteroatoms. The van der Waals surface area contributed by atoms with Gasteiger partial charge in [-0.15, -0.1) is 0 Å². The van der Waals surface area contributed by atoms with E-state index in [2.05, 4.69) is 38.7 Å². The van der Waals surface area contributed by atoms with Crippen LogP contribution >= 0.6 is 0 Å². The normalized spacial score (nSPS) is 20.0.